The third kappa shape index (κ3) is 3.35. The molecule has 26 heavy (non-hydrogen) atoms. The summed E-state index contributed by atoms with van der Waals surface area (Å²) in [5, 5.41) is 0.733. The molecule has 0 saturated carbocycles. The van der Waals surface area contributed by atoms with Gasteiger partial charge in [-0.15, -0.1) is 0 Å². The maximum Gasteiger partial charge on any atom is 0.336 e. The number of para-hydroxylation sites is 1. The number of nitrogens with zero attached hydrogens (tertiary/aromatic N) is 1. The van der Waals surface area contributed by atoms with Crippen LogP contribution in [0.4, 0.5) is 0 Å². The van der Waals surface area contributed by atoms with Crippen molar-refractivity contribution in [3.63, 3.8) is 0 Å². The highest BCUT2D eigenvalue weighted by Crippen LogP contribution is 2.50. The summed E-state index contributed by atoms with van der Waals surface area (Å²) in [6, 6.07) is 15.4. The van der Waals surface area contributed by atoms with Gasteiger partial charge in [-0.3, -0.25) is 4.57 Å². The lowest BCUT2D eigenvalue weighted by Gasteiger charge is -2.16. The molecule has 0 aliphatic rings. The second-order valence-electron chi connectivity index (χ2n) is 5.91. The Morgan fingerprint density at radius 3 is 2.23 bits per heavy atom. The number of fused-ring (bicyclic) bond motifs is 1. The molecule has 0 saturated heterocycles. The summed E-state index contributed by atoms with van der Waals surface area (Å²) in [7, 11) is -4.75. The number of aromatic nitrogens is 1. The second kappa shape index (κ2) is 7.00. The number of aryl methyl sites for hydroxylation is 1. The molecule has 6 nitrogen and oxygen atoms in total. The van der Waals surface area contributed by atoms with Gasteiger partial charge < -0.3 is 9.05 Å². The van der Waals surface area contributed by atoms with Crippen molar-refractivity contribution >= 4 is 28.5 Å². The van der Waals surface area contributed by atoms with Gasteiger partial charge in [-0.2, -0.15) is 0 Å². The van der Waals surface area contributed by atoms with E-state index in [1.807, 2.05) is 19.1 Å². The van der Waals surface area contributed by atoms with Crippen LogP contribution in [0.1, 0.15) is 11.3 Å². The van der Waals surface area contributed by atoms with Crippen LogP contribution in [0.3, 0.4) is 0 Å². The zero-order chi connectivity index (χ0) is 18.9. The highest BCUT2D eigenvalue weighted by Gasteiger charge is 2.29. The first kappa shape index (κ1) is 18.9. The molecule has 0 radical (unpaired) electrons. The Kier molecular flexibility index (Phi) is 5.08. The Bertz CT molecular complexity index is 1080. The molecule has 0 unspecified atom stereocenters. The summed E-state index contributed by atoms with van der Waals surface area (Å²) in [6.07, 6.45) is -0.153. The molecule has 1 heterocycles. The van der Waals surface area contributed by atoms with Crippen molar-refractivity contribution in [2.75, 3.05) is 14.2 Å². The van der Waals surface area contributed by atoms with Crippen molar-refractivity contribution in [2.24, 2.45) is 0 Å². The van der Waals surface area contributed by atoms with E-state index in [0.29, 0.717) is 11.2 Å². The third-order valence-corrected chi connectivity index (χ3v) is 7.81. The summed E-state index contributed by atoms with van der Waals surface area (Å²) in [5.41, 5.74) is 1.82. The Morgan fingerprint density at radius 1 is 1.00 bits per heavy atom. The van der Waals surface area contributed by atoms with Crippen LogP contribution in [-0.4, -0.2) is 26.6 Å². The van der Waals surface area contributed by atoms with Crippen LogP contribution in [0.2, 0.25) is 0 Å². The third-order valence-electron chi connectivity index (χ3n) is 4.21. The van der Waals surface area contributed by atoms with Gasteiger partial charge in [-0.25, -0.2) is 12.4 Å². The van der Waals surface area contributed by atoms with Gasteiger partial charge in [-0.05, 0) is 31.2 Å². The number of hydrogen-bond acceptors (Lipinski definition) is 5. The van der Waals surface area contributed by atoms with Gasteiger partial charge in [0.15, 0.2) is 0 Å². The average Bonchev–Trinajstić information content (AvgIpc) is 3.00. The Balaban J connectivity index is 2.25. The summed E-state index contributed by atoms with van der Waals surface area (Å²) in [5.74, 6) is 0. The van der Waals surface area contributed by atoms with E-state index >= 15 is 0 Å². The lowest BCUT2D eigenvalue weighted by Crippen LogP contribution is -2.16. The molecule has 0 aliphatic carbocycles. The zero-order valence-corrected chi connectivity index (χ0v) is 16.5. The number of rotatable bonds is 6. The fourth-order valence-electron chi connectivity index (χ4n) is 2.80. The minimum atomic E-state index is -3.87. The van der Waals surface area contributed by atoms with E-state index < -0.39 is 17.6 Å². The molecule has 0 amide bonds. The molecular weight excluding hydrogens is 373 g/mol. The Labute approximate surface area is 152 Å². The monoisotopic (exact) mass is 393 g/mol. The van der Waals surface area contributed by atoms with Gasteiger partial charge in [0.25, 0.3) is 10.0 Å². The lowest BCUT2D eigenvalue weighted by molar-refractivity contribution is 0.274. The van der Waals surface area contributed by atoms with Gasteiger partial charge in [-0.1, -0.05) is 35.9 Å². The van der Waals surface area contributed by atoms with E-state index in [2.05, 4.69) is 0 Å². The van der Waals surface area contributed by atoms with Crippen LogP contribution in [0, 0.1) is 6.92 Å². The minimum Gasteiger partial charge on any atom is -0.312 e. The predicted molar refractivity (Wildman–Crippen MR) is 101 cm³/mol. The van der Waals surface area contributed by atoms with Crippen molar-refractivity contribution in [1.29, 1.82) is 0 Å². The average molecular weight is 393 g/mol. The van der Waals surface area contributed by atoms with E-state index in [9.17, 15) is 13.0 Å². The van der Waals surface area contributed by atoms with Crippen molar-refractivity contribution < 1.29 is 22.0 Å². The van der Waals surface area contributed by atoms with Gasteiger partial charge in [0.05, 0.1) is 16.6 Å². The van der Waals surface area contributed by atoms with E-state index in [4.69, 9.17) is 9.05 Å². The number of hydrogen-bond donors (Lipinski definition) is 0. The molecule has 0 fully saturated rings. The summed E-state index contributed by atoms with van der Waals surface area (Å²) in [4.78, 5) is 0.162. The Hall–Kier alpha value is -1.92. The number of benzene rings is 2. The van der Waals surface area contributed by atoms with Crippen molar-refractivity contribution in [3.05, 3.63) is 65.9 Å². The van der Waals surface area contributed by atoms with Gasteiger partial charge in [0, 0.05) is 25.3 Å². The quantitative estimate of drug-likeness (QED) is 0.588. The van der Waals surface area contributed by atoms with Crippen LogP contribution in [-0.2, 0) is 29.8 Å². The van der Waals surface area contributed by atoms with E-state index in [1.165, 1.54) is 18.2 Å². The minimum absolute atomic E-state index is 0.153. The van der Waals surface area contributed by atoms with Crippen LogP contribution in [0.5, 0.6) is 0 Å². The molecule has 0 aliphatic heterocycles. The highest BCUT2D eigenvalue weighted by molar-refractivity contribution is 7.90. The van der Waals surface area contributed by atoms with Crippen molar-refractivity contribution in [2.45, 2.75) is 18.0 Å². The lowest BCUT2D eigenvalue weighted by atomic mass is 10.2. The molecule has 8 heteroatoms. The van der Waals surface area contributed by atoms with Crippen LogP contribution in [0.15, 0.2) is 59.5 Å². The second-order valence-corrected chi connectivity index (χ2v) is 9.97. The predicted octanol–water partition coefficient (Wildman–Crippen LogP) is 4.17. The SMILES string of the molecule is COP(=O)(Cc1cc2ccccc2n1S(=O)(=O)c1ccc(C)cc1)OC. The molecule has 1 aromatic heterocycles. The first-order chi connectivity index (χ1) is 12.3. The maximum absolute atomic E-state index is 13.3. The molecule has 2 aromatic carbocycles. The summed E-state index contributed by atoms with van der Waals surface area (Å²) >= 11 is 0. The molecular formula is C18H20NO5PS. The van der Waals surface area contributed by atoms with E-state index in [0.717, 1.165) is 10.9 Å². The molecule has 0 spiro atoms. The van der Waals surface area contributed by atoms with E-state index in [1.54, 1.807) is 42.5 Å². The standard InChI is InChI=1S/C18H20NO5PS/c1-14-8-10-17(11-9-14)26(21,22)19-16(13-25(20,23-2)24-3)12-15-6-4-5-7-18(15)19/h4-12H,13H2,1-3H3. The molecule has 0 atom stereocenters. The van der Waals surface area contributed by atoms with Crippen molar-refractivity contribution in [3.8, 4) is 0 Å². The van der Waals surface area contributed by atoms with Gasteiger partial charge >= 0.3 is 7.60 Å². The highest BCUT2D eigenvalue weighted by atomic mass is 32.2. The normalized spacial score (nSPS) is 12.6. The maximum atomic E-state index is 13.3. The van der Waals surface area contributed by atoms with Crippen molar-refractivity contribution in [1.82, 2.24) is 3.97 Å². The first-order valence-corrected chi connectivity index (χ1v) is 11.1. The van der Waals surface area contributed by atoms with Crippen LogP contribution in [0.25, 0.3) is 10.9 Å². The largest absolute Gasteiger partial charge is 0.336 e. The molecule has 138 valence electrons. The van der Waals surface area contributed by atoms with Gasteiger partial charge in [0.2, 0.25) is 0 Å². The first-order valence-electron chi connectivity index (χ1n) is 7.93. The summed E-state index contributed by atoms with van der Waals surface area (Å²) < 4.78 is 50.4. The van der Waals surface area contributed by atoms with Crippen LogP contribution < -0.4 is 0 Å². The van der Waals surface area contributed by atoms with Gasteiger partial charge in [0.1, 0.15) is 0 Å². The summed E-state index contributed by atoms with van der Waals surface area (Å²) in [6.45, 7) is 1.89. The molecule has 0 N–H and O–H groups in total. The molecule has 3 aromatic rings. The fraction of sp³-hybridized carbons (Fsp3) is 0.222. The van der Waals surface area contributed by atoms with Crippen LogP contribution >= 0.6 is 7.60 Å². The molecule has 0 bridgehead atoms. The smallest absolute Gasteiger partial charge is 0.312 e. The zero-order valence-electron chi connectivity index (χ0n) is 14.7. The Morgan fingerprint density at radius 2 is 1.62 bits per heavy atom. The fourth-order valence-corrected chi connectivity index (χ4v) is 5.47. The topological polar surface area (TPSA) is 74.6 Å². The van der Waals surface area contributed by atoms with E-state index in [-0.39, 0.29) is 11.1 Å². The molecule has 3 rings (SSSR count).